The molecular weight excluding hydrogens is 284 g/mol. The molecular formula is C13H17F2N3O3. The van der Waals surface area contributed by atoms with Crippen LogP contribution in [0.5, 0.6) is 0 Å². The van der Waals surface area contributed by atoms with Gasteiger partial charge in [0.15, 0.2) is 0 Å². The number of nitrogens with zero attached hydrogens (tertiary/aromatic N) is 1. The predicted molar refractivity (Wildman–Crippen MR) is 74.0 cm³/mol. The van der Waals surface area contributed by atoms with E-state index in [1.165, 1.54) is 0 Å². The summed E-state index contributed by atoms with van der Waals surface area (Å²) in [5.41, 5.74) is -1.12. The molecule has 2 N–H and O–H groups in total. The maximum Gasteiger partial charge on any atom is 0.327 e. The summed E-state index contributed by atoms with van der Waals surface area (Å²) in [6.45, 7) is 4.44. The molecule has 0 saturated heterocycles. The number of anilines is 1. The molecule has 0 spiro atoms. The minimum Gasteiger partial charge on any atom is -0.379 e. The Morgan fingerprint density at radius 1 is 1.38 bits per heavy atom. The Labute approximate surface area is 120 Å². The van der Waals surface area contributed by atoms with Crippen molar-refractivity contribution in [2.24, 2.45) is 5.92 Å². The number of carbonyl (C=O) groups is 1. The highest BCUT2D eigenvalue weighted by molar-refractivity contribution is 5.76. The van der Waals surface area contributed by atoms with Gasteiger partial charge in [-0.05, 0) is 5.92 Å². The summed E-state index contributed by atoms with van der Waals surface area (Å²) in [6, 6.07) is 1.27. The average molecular weight is 301 g/mol. The first-order valence-electron chi connectivity index (χ1n) is 6.45. The fraction of sp³-hybridized carbons (Fsp3) is 0.462. The molecule has 0 heterocycles. The number of carbonyl (C=O) groups excluding carboxylic acids is 1. The SMILES string of the molecule is CC(C)CNC(=O)CCNc1cc(F)cc(F)c1[N+](=O)[O-]. The number of nitro groups is 1. The summed E-state index contributed by atoms with van der Waals surface area (Å²) in [5.74, 6) is -2.12. The summed E-state index contributed by atoms with van der Waals surface area (Å²) in [6.07, 6.45) is 0.0437. The zero-order valence-electron chi connectivity index (χ0n) is 11.8. The second-order valence-electron chi connectivity index (χ2n) is 4.92. The number of halogens is 2. The van der Waals surface area contributed by atoms with Crippen LogP contribution in [0.15, 0.2) is 12.1 Å². The monoisotopic (exact) mass is 301 g/mol. The number of benzene rings is 1. The van der Waals surface area contributed by atoms with Crippen molar-refractivity contribution in [2.75, 3.05) is 18.4 Å². The van der Waals surface area contributed by atoms with Crippen molar-refractivity contribution in [2.45, 2.75) is 20.3 Å². The summed E-state index contributed by atoms with van der Waals surface area (Å²) in [4.78, 5) is 21.3. The predicted octanol–water partition coefficient (Wildman–Crippen LogP) is 2.45. The van der Waals surface area contributed by atoms with Crippen molar-refractivity contribution < 1.29 is 18.5 Å². The Morgan fingerprint density at radius 3 is 2.62 bits per heavy atom. The number of hydrogen-bond acceptors (Lipinski definition) is 4. The van der Waals surface area contributed by atoms with Crippen LogP contribution in [0.2, 0.25) is 0 Å². The number of hydrogen-bond donors (Lipinski definition) is 2. The zero-order valence-corrected chi connectivity index (χ0v) is 11.8. The van der Waals surface area contributed by atoms with Gasteiger partial charge in [0, 0.05) is 31.6 Å². The van der Waals surface area contributed by atoms with Crippen molar-refractivity contribution in [3.05, 3.63) is 33.9 Å². The molecule has 0 aromatic heterocycles. The molecule has 0 unspecified atom stereocenters. The highest BCUT2D eigenvalue weighted by atomic mass is 19.1. The van der Waals surface area contributed by atoms with Crippen LogP contribution in [-0.4, -0.2) is 23.9 Å². The number of nitrogens with one attached hydrogen (secondary N) is 2. The molecule has 1 aromatic carbocycles. The molecule has 8 heteroatoms. The molecule has 1 amide bonds. The maximum absolute atomic E-state index is 13.4. The molecule has 0 aliphatic carbocycles. The van der Waals surface area contributed by atoms with Crippen LogP contribution in [-0.2, 0) is 4.79 Å². The molecule has 0 fully saturated rings. The third kappa shape index (κ3) is 5.33. The lowest BCUT2D eigenvalue weighted by molar-refractivity contribution is -0.386. The molecule has 0 radical (unpaired) electrons. The lowest BCUT2D eigenvalue weighted by atomic mass is 10.2. The Kier molecular flexibility index (Phi) is 6.01. The molecule has 0 atom stereocenters. The van der Waals surface area contributed by atoms with E-state index in [4.69, 9.17) is 0 Å². The molecule has 0 saturated carbocycles. The van der Waals surface area contributed by atoms with Gasteiger partial charge in [-0.2, -0.15) is 4.39 Å². The van der Waals surface area contributed by atoms with Crippen LogP contribution in [0.4, 0.5) is 20.2 Å². The first-order chi connectivity index (χ1) is 9.81. The van der Waals surface area contributed by atoms with Crippen molar-refractivity contribution >= 4 is 17.3 Å². The lowest BCUT2D eigenvalue weighted by Gasteiger charge is -2.09. The van der Waals surface area contributed by atoms with Crippen LogP contribution in [0.25, 0.3) is 0 Å². The third-order valence-electron chi connectivity index (χ3n) is 2.59. The molecule has 1 aromatic rings. The lowest BCUT2D eigenvalue weighted by Crippen LogP contribution is -2.28. The fourth-order valence-electron chi connectivity index (χ4n) is 1.60. The molecule has 0 aliphatic rings. The summed E-state index contributed by atoms with van der Waals surface area (Å²) in [5, 5.41) is 15.9. The van der Waals surface area contributed by atoms with Gasteiger partial charge in [0.25, 0.3) is 0 Å². The Hall–Kier alpha value is -2.25. The molecule has 116 valence electrons. The normalized spacial score (nSPS) is 10.5. The smallest absolute Gasteiger partial charge is 0.327 e. The maximum atomic E-state index is 13.4. The van der Waals surface area contributed by atoms with Crippen LogP contribution in [0.1, 0.15) is 20.3 Å². The van der Waals surface area contributed by atoms with E-state index in [1.807, 2.05) is 13.8 Å². The van der Waals surface area contributed by atoms with Crippen molar-refractivity contribution in [3.63, 3.8) is 0 Å². The van der Waals surface area contributed by atoms with Crippen molar-refractivity contribution in [1.82, 2.24) is 5.32 Å². The van der Waals surface area contributed by atoms with Crippen LogP contribution in [0.3, 0.4) is 0 Å². The van der Waals surface area contributed by atoms with Gasteiger partial charge < -0.3 is 10.6 Å². The van der Waals surface area contributed by atoms with E-state index in [-0.39, 0.29) is 24.6 Å². The Morgan fingerprint density at radius 2 is 2.05 bits per heavy atom. The summed E-state index contributed by atoms with van der Waals surface area (Å²) < 4.78 is 26.4. The minimum atomic E-state index is -1.26. The van der Waals surface area contributed by atoms with Gasteiger partial charge in [-0.25, -0.2) is 4.39 Å². The first kappa shape index (κ1) is 16.8. The molecule has 0 aliphatic heterocycles. The number of rotatable bonds is 7. The number of amides is 1. The Bertz CT molecular complexity index is 536. The van der Waals surface area contributed by atoms with Gasteiger partial charge in [0.1, 0.15) is 11.5 Å². The van der Waals surface area contributed by atoms with Crippen LogP contribution >= 0.6 is 0 Å². The zero-order chi connectivity index (χ0) is 16.0. The van der Waals surface area contributed by atoms with E-state index in [2.05, 4.69) is 10.6 Å². The largest absolute Gasteiger partial charge is 0.379 e. The second-order valence-corrected chi connectivity index (χ2v) is 4.92. The van der Waals surface area contributed by atoms with Gasteiger partial charge in [-0.3, -0.25) is 14.9 Å². The van der Waals surface area contributed by atoms with E-state index >= 15 is 0 Å². The standard InChI is InChI=1S/C13H17F2N3O3/c1-8(2)7-17-12(19)3-4-16-11-6-9(14)5-10(15)13(11)18(20)21/h5-6,8,16H,3-4,7H2,1-2H3,(H,17,19). The van der Waals surface area contributed by atoms with Gasteiger partial charge >= 0.3 is 5.69 Å². The van der Waals surface area contributed by atoms with E-state index in [9.17, 15) is 23.7 Å². The van der Waals surface area contributed by atoms with E-state index in [0.717, 1.165) is 6.07 Å². The van der Waals surface area contributed by atoms with Gasteiger partial charge in [0.2, 0.25) is 11.7 Å². The topological polar surface area (TPSA) is 84.3 Å². The second kappa shape index (κ2) is 7.51. The highest BCUT2D eigenvalue weighted by Gasteiger charge is 2.21. The highest BCUT2D eigenvalue weighted by Crippen LogP contribution is 2.28. The molecule has 21 heavy (non-hydrogen) atoms. The Balaban J connectivity index is 2.63. The summed E-state index contributed by atoms with van der Waals surface area (Å²) in [7, 11) is 0. The quantitative estimate of drug-likeness (QED) is 0.598. The average Bonchev–Trinajstić information content (AvgIpc) is 2.34. The van der Waals surface area contributed by atoms with Gasteiger partial charge in [-0.15, -0.1) is 0 Å². The molecule has 0 bridgehead atoms. The van der Waals surface area contributed by atoms with Crippen LogP contribution in [0, 0.1) is 27.7 Å². The van der Waals surface area contributed by atoms with E-state index in [0.29, 0.717) is 18.5 Å². The minimum absolute atomic E-state index is 0.0354. The van der Waals surface area contributed by atoms with Gasteiger partial charge in [0.05, 0.1) is 4.92 Å². The molecule has 6 nitrogen and oxygen atoms in total. The third-order valence-corrected chi connectivity index (χ3v) is 2.59. The van der Waals surface area contributed by atoms with Crippen LogP contribution < -0.4 is 10.6 Å². The fourth-order valence-corrected chi connectivity index (χ4v) is 1.60. The first-order valence-corrected chi connectivity index (χ1v) is 6.45. The summed E-state index contributed by atoms with van der Waals surface area (Å²) >= 11 is 0. The van der Waals surface area contributed by atoms with E-state index < -0.39 is 22.2 Å². The van der Waals surface area contributed by atoms with Crippen molar-refractivity contribution in [1.29, 1.82) is 0 Å². The van der Waals surface area contributed by atoms with Gasteiger partial charge in [-0.1, -0.05) is 13.8 Å². The van der Waals surface area contributed by atoms with E-state index in [1.54, 1.807) is 0 Å². The molecule has 1 rings (SSSR count). The van der Waals surface area contributed by atoms with Crippen molar-refractivity contribution in [3.8, 4) is 0 Å². The number of nitro benzene ring substituents is 1.